The molecule has 13 heavy (non-hydrogen) atoms. The van der Waals surface area contributed by atoms with E-state index in [4.69, 9.17) is 11.5 Å². The van der Waals surface area contributed by atoms with Crippen LogP contribution in [0.25, 0.3) is 0 Å². The van der Waals surface area contributed by atoms with Gasteiger partial charge in [-0.05, 0) is 62.3 Å². The van der Waals surface area contributed by atoms with Crippen LogP contribution in [0.1, 0.15) is 38.5 Å². The fourth-order valence-electron chi connectivity index (χ4n) is 4.76. The van der Waals surface area contributed by atoms with Gasteiger partial charge in [-0.2, -0.15) is 0 Å². The maximum Gasteiger partial charge on any atom is 0.0165 e. The lowest BCUT2D eigenvalue weighted by Crippen LogP contribution is -2.61. The monoisotopic (exact) mass is 180 g/mol. The number of hydrogen-bond donors (Lipinski definition) is 2. The lowest BCUT2D eigenvalue weighted by molar-refractivity contribution is -0.0615. The van der Waals surface area contributed by atoms with Gasteiger partial charge in [0.15, 0.2) is 0 Å². The van der Waals surface area contributed by atoms with Gasteiger partial charge in [0.2, 0.25) is 0 Å². The average molecular weight is 180 g/mol. The van der Waals surface area contributed by atoms with E-state index in [2.05, 4.69) is 0 Å². The second kappa shape index (κ2) is 2.29. The SMILES string of the molecule is NCC12C[C@@H]3C[C@H](CC(N)(C3)C1)C2. The highest BCUT2D eigenvalue weighted by molar-refractivity contribution is 5.10. The number of nitrogens with two attached hydrogens (primary N) is 2. The van der Waals surface area contributed by atoms with Crippen LogP contribution in [0.5, 0.6) is 0 Å². The van der Waals surface area contributed by atoms with E-state index >= 15 is 0 Å². The molecule has 0 spiro atoms. The lowest BCUT2D eigenvalue weighted by atomic mass is 9.47. The standard InChI is InChI=1S/C11H20N2/c12-7-10-2-8-1-9(3-10)5-11(13,4-8)6-10/h8-9H,1-7,12-13H2/t8-,9-,10?,11?/m0/s1. The van der Waals surface area contributed by atoms with Crippen LogP contribution in [-0.4, -0.2) is 12.1 Å². The molecule has 0 unspecified atom stereocenters. The van der Waals surface area contributed by atoms with E-state index in [1.54, 1.807) is 0 Å². The van der Waals surface area contributed by atoms with E-state index in [1.165, 1.54) is 38.5 Å². The van der Waals surface area contributed by atoms with Gasteiger partial charge in [0, 0.05) is 5.54 Å². The van der Waals surface area contributed by atoms with Gasteiger partial charge in [-0.25, -0.2) is 0 Å². The molecule has 0 saturated heterocycles. The van der Waals surface area contributed by atoms with Crippen LogP contribution < -0.4 is 11.5 Å². The first-order chi connectivity index (χ1) is 6.13. The maximum atomic E-state index is 6.43. The third-order valence-corrected chi connectivity index (χ3v) is 4.66. The van der Waals surface area contributed by atoms with Crippen molar-refractivity contribution in [1.29, 1.82) is 0 Å². The van der Waals surface area contributed by atoms with Crippen molar-refractivity contribution < 1.29 is 0 Å². The second-order valence-electron chi connectivity index (χ2n) is 6.03. The van der Waals surface area contributed by atoms with Crippen LogP contribution in [0.2, 0.25) is 0 Å². The Bertz CT molecular complexity index is 222. The summed E-state index contributed by atoms with van der Waals surface area (Å²) in [4.78, 5) is 0. The molecule has 4 aliphatic rings. The fraction of sp³-hybridized carbons (Fsp3) is 1.00. The molecule has 0 aromatic carbocycles. The summed E-state index contributed by atoms with van der Waals surface area (Å²) in [6, 6.07) is 0. The Hall–Kier alpha value is -0.0800. The summed E-state index contributed by atoms with van der Waals surface area (Å²) >= 11 is 0. The summed E-state index contributed by atoms with van der Waals surface area (Å²) in [6.07, 6.45) is 7.97. The normalized spacial score (nSPS) is 58.6. The Kier molecular flexibility index (Phi) is 1.45. The first-order valence-electron chi connectivity index (χ1n) is 5.62. The van der Waals surface area contributed by atoms with Gasteiger partial charge in [-0.15, -0.1) is 0 Å². The average Bonchev–Trinajstić information content (AvgIpc) is 1.99. The molecule has 0 heterocycles. The van der Waals surface area contributed by atoms with Crippen molar-refractivity contribution in [1.82, 2.24) is 0 Å². The van der Waals surface area contributed by atoms with Gasteiger partial charge in [-0.3, -0.25) is 0 Å². The summed E-state index contributed by atoms with van der Waals surface area (Å²) in [7, 11) is 0. The van der Waals surface area contributed by atoms with Gasteiger partial charge < -0.3 is 11.5 Å². The molecule has 2 heteroatoms. The quantitative estimate of drug-likeness (QED) is 0.638. The third-order valence-electron chi connectivity index (χ3n) is 4.66. The molecule has 4 fully saturated rings. The first kappa shape index (κ1) is 8.25. The highest BCUT2D eigenvalue weighted by Gasteiger charge is 2.55. The zero-order valence-electron chi connectivity index (χ0n) is 8.26. The summed E-state index contributed by atoms with van der Waals surface area (Å²) in [5, 5.41) is 0. The van der Waals surface area contributed by atoms with Crippen LogP contribution >= 0.6 is 0 Å². The molecule has 4 bridgehead atoms. The third kappa shape index (κ3) is 1.08. The van der Waals surface area contributed by atoms with Crippen LogP contribution in [0.3, 0.4) is 0 Å². The van der Waals surface area contributed by atoms with Crippen molar-refractivity contribution in [2.45, 2.75) is 44.1 Å². The molecular weight excluding hydrogens is 160 g/mol. The topological polar surface area (TPSA) is 52.0 Å². The van der Waals surface area contributed by atoms with E-state index < -0.39 is 0 Å². The Morgan fingerprint density at radius 1 is 1.08 bits per heavy atom. The molecule has 2 atom stereocenters. The zero-order valence-corrected chi connectivity index (χ0v) is 8.26. The van der Waals surface area contributed by atoms with E-state index in [-0.39, 0.29) is 5.54 Å². The molecule has 0 amide bonds. The molecule has 4 saturated carbocycles. The predicted octanol–water partition coefficient (Wildman–Crippen LogP) is 1.24. The molecule has 0 radical (unpaired) electrons. The zero-order chi connectivity index (χ0) is 9.10. The van der Waals surface area contributed by atoms with Gasteiger partial charge in [0.1, 0.15) is 0 Å². The summed E-state index contributed by atoms with van der Waals surface area (Å²) in [5.41, 5.74) is 13.0. The van der Waals surface area contributed by atoms with Gasteiger partial charge in [-0.1, -0.05) is 0 Å². The molecule has 4 N–H and O–H groups in total. The maximum absolute atomic E-state index is 6.43. The molecular formula is C11H20N2. The van der Waals surface area contributed by atoms with Crippen LogP contribution in [-0.2, 0) is 0 Å². The Balaban J connectivity index is 1.95. The summed E-state index contributed by atoms with van der Waals surface area (Å²) in [6.45, 7) is 0.874. The Morgan fingerprint density at radius 3 is 2.15 bits per heavy atom. The minimum atomic E-state index is 0.184. The number of hydrogen-bond acceptors (Lipinski definition) is 2. The molecule has 0 aliphatic heterocycles. The van der Waals surface area contributed by atoms with Gasteiger partial charge >= 0.3 is 0 Å². The highest BCUT2D eigenvalue weighted by atomic mass is 14.8. The Morgan fingerprint density at radius 2 is 1.69 bits per heavy atom. The van der Waals surface area contributed by atoms with E-state index in [1.807, 2.05) is 0 Å². The van der Waals surface area contributed by atoms with Crippen LogP contribution in [0.15, 0.2) is 0 Å². The van der Waals surface area contributed by atoms with Gasteiger partial charge in [0.05, 0.1) is 0 Å². The molecule has 4 rings (SSSR count). The second-order valence-corrected chi connectivity index (χ2v) is 6.03. The van der Waals surface area contributed by atoms with Crippen molar-refractivity contribution in [3.05, 3.63) is 0 Å². The minimum absolute atomic E-state index is 0.184. The summed E-state index contributed by atoms with van der Waals surface area (Å²) in [5.74, 6) is 1.82. The molecule has 2 nitrogen and oxygen atoms in total. The smallest absolute Gasteiger partial charge is 0.0165 e. The fourth-order valence-corrected chi connectivity index (χ4v) is 4.76. The van der Waals surface area contributed by atoms with Crippen LogP contribution in [0, 0.1) is 17.3 Å². The van der Waals surface area contributed by atoms with Crippen molar-refractivity contribution in [3.63, 3.8) is 0 Å². The largest absolute Gasteiger partial charge is 0.330 e. The van der Waals surface area contributed by atoms with Gasteiger partial charge in [0.25, 0.3) is 0 Å². The van der Waals surface area contributed by atoms with E-state index in [9.17, 15) is 0 Å². The molecule has 74 valence electrons. The minimum Gasteiger partial charge on any atom is -0.330 e. The summed E-state index contributed by atoms with van der Waals surface area (Å²) < 4.78 is 0. The first-order valence-corrected chi connectivity index (χ1v) is 5.62. The predicted molar refractivity (Wildman–Crippen MR) is 53.1 cm³/mol. The van der Waals surface area contributed by atoms with Crippen LogP contribution in [0.4, 0.5) is 0 Å². The van der Waals surface area contributed by atoms with E-state index in [0.717, 1.165) is 18.4 Å². The molecule has 4 aliphatic carbocycles. The van der Waals surface area contributed by atoms with Crippen molar-refractivity contribution in [2.24, 2.45) is 28.7 Å². The highest BCUT2D eigenvalue weighted by Crippen LogP contribution is 2.60. The Labute approximate surface area is 80.1 Å². The molecule has 0 aromatic heterocycles. The van der Waals surface area contributed by atoms with Crippen molar-refractivity contribution in [3.8, 4) is 0 Å². The number of rotatable bonds is 1. The van der Waals surface area contributed by atoms with Crippen molar-refractivity contribution >= 4 is 0 Å². The van der Waals surface area contributed by atoms with E-state index in [0.29, 0.717) is 5.41 Å². The van der Waals surface area contributed by atoms with Crippen molar-refractivity contribution in [2.75, 3.05) is 6.54 Å². The lowest BCUT2D eigenvalue weighted by Gasteiger charge is -2.60. The molecule has 0 aromatic rings.